The summed E-state index contributed by atoms with van der Waals surface area (Å²) in [7, 11) is 0. The molecule has 0 aliphatic carbocycles. The van der Waals surface area contributed by atoms with E-state index in [-0.39, 0.29) is 11.6 Å². The van der Waals surface area contributed by atoms with E-state index in [1.165, 1.54) is 18.2 Å². The largest absolute Gasteiger partial charge is 0.377 e. The molecule has 1 atom stereocenters. The number of hydrogen-bond donors (Lipinski definition) is 1. The lowest BCUT2D eigenvalue weighted by molar-refractivity contribution is 0.0394. The summed E-state index contributed by atoms with van der Waals surface area (Å²) in [5.41, 5.74) is 1.13. The third-order valence-electron chi connectivity index (χ3n) is 5.67. The Balaban J connectivity index is 1.42. The minimum Gasteiger partial charge on any atom is -0.377 e. The monoisotopic (exact) mass is 433 g/mol. The number of aryl methyl sites for hydroxylation is 2. The van der Waals surface area contributed by atoms with E-state index >= 15 is 0 Å². The van der Waals surface area contributed by atoms with Crippen LogP contribution in [-0.2, 0) is 12.1 Å². The normalized spacial score (nSPS) is 18.2. The van der Waals surface area contributed by atoms with Crippen molar-refractivity contribution in [1.82, 2.24) is 24.3 Å². The van der Waals surface area contributed by atoms with Crippen molar-refractivity contribution in [3.05, 3.63) is 95.1 Å². The van der Waals surface area contributed by atoms with Crippen molar-refractivity contribution in [2.75, 3.05) is 0 Å². The molecule has 162 valence electrons. The van der Waals surface area contributed by atoms with Gasteiger partial charge in [-0.25, -0.2) is 23.4 Å². The Kier molecular flexibility index (Phi) is 4.94. The van der Waals surface area contributed by atoms with Crippen molar-refractivity contribution in [2.24, 2.45) is 0 Å². The van der Waals surface area contributed by atoms with Gasteiger partial charge in [-0.3, -0.25) is 0 Å². The molecule has 8 heteroatoms. The van der Waals surface area contributed by atoms with E-state index < -0.39 is 5.60 Å². The molecule has 5 rings (SSSR count). The third-order valence-corrected chi connectivity index (χ3v) is 5.67. The van der Waals surface area contributed by atoms with Crippen LogP contribution in [0.5, 0.6) is 0 Å². The average Bonchev–Trinajstić information content (AvgIpc) is 3.40. The maximum atomic E-state index is 14.6. The fourth-order valence-corrected chi connectivity index (χ4v) is 4.05. The molecule has 3 heterocycles. The zero-order chi connectivity index (χ0) is 22.3. The minimum atomic E-state index is -1.33. The van der Waals surface area contributed by atoms with Gasteiger partial charge in [0.25, 0.3) is 0 Å². The molecule has 0 radical (unpaired) electrons. The Bertz CT molecular complexity index is 1310. The third kappa shape index (κ3) is 3.62. The summed E-state index contributed by atoms with van der Waals surface area (Å²) in [6.07, 6.45) is 7.94. The van der Waals surface area contributed by atoms with E-state index in [1.807, 2.05) is 6.92 Å². The molecule has 2 aromatic carbocycles. The van der Waals surface area contributed by atoms with Crippen LogP contribution in [0.3, 0.4) is 0 Å². The Morgan fingerprint density at radius 3 is 2.62 bits per heavy atom. The van der Waals surface area contributed by atoms with Gasteiger partial charge in [0.05, 0.1) is 17.7 Å². The first-order chi connectivity index (χ1) is 15.4. The van der Waals surface area contributed by atoms with E-state index in [9.17, 15) is 13.9 Å². The summed E-state index contributed by atoms with van der Waals surface area (Å²) in [5.74, 6) is 0.108. The van der Waals surface area contributed by atoms with Gasteiger partial charge in [-0.2, -0.15) is 5.10 Å². The molecular formula is C24H21F2N5O. The molecule has 6 nitrogen and oxygen atoms in total. The number of rotatable bonds is 4. The van der Waals surface area contributed by atoms with Crippen molar-refractivity contribution in [3.63, 3.8) is 0 Å². The summed E-state index contributed by atoms with van der Waals surface area (Å²) >= 11 is 0. The molecule has 0 spiro atoms. The van der Waals surface area contributed by atoms with Crippen molar-refractivity contribution in [1.29, 1.82) is 0 Å². The quantitative estimate of drug-likeness (QED) is 0.523. The molecule has 0 saturated heterocycles. The Hall–Kier alpha value is -3.65. The second-order valence-electron chi connectivity index (χ2n) is 7.95. The molecular weight excluding hydrogens is 412 g/mol. The maximum Gasteiger partial charge on any atom is 0.174 e. The van der Waals surface area contributed by atoms with Crippen molar-refractivity contribution >= 4 is 12.2 Å². The zero-order valence-electron chi connectivity index (χ0n) is 17.4. The second kappa shape index (κ2) is 7.80. The molecule has 1 N–H and O–H groups in total. The fourth-order valence-electron chi connectivity index (χ4n) is 4.05. The number of aliphatic hydroxyl groups is 1. The van der Waals surface area contributed by atoms with Gasteiger partial charge in [0, 0.05) is 12.7 Å². The second-order valence-corrected chi connectivity index (χ2v) is 7.95. The van der Waals surface area contributed by atoms with Crippen LogP contribution in [0.4, 0.5) is 8.78 Å². The highest BCUT2D eigenvalue weighted by Gasteiger charge is 2.39. The predicted octanol–water partition coefficient (Wildman–Crippen LogP) is 4.25. The lowest BCUT2D eigenvalue weighted by Gasteiger charge is -2.31. The molecule has 1 aliphatic rings. The molecule has 1 aliphatic heterocycles. The number of aromatic nitrogens is 5. The molecule has 2 aromatic heterocycles. The fraction of sp³-hybridized carbons (Fsp3) is 0.208. The number of halogens is 2. The van der Waals surface area contributed by atoms with Crippen LogP contribution in [-0.4, -0.2) is 29.4 Å². The van der Waals surface area contributed by atoms with E-state index in [0.717, 1.165) is 5.69 Å². The van der Waals surface area contributed by atoms with Crippen LogP contribution < -0.4 is 0 Å². The Morgan fingerprint density at radius 1 is 1.09 bits per heavy atom. The van der Waals surface area contributed by atoms with Crippen molar-refractivity contribution < 1.29 is 13.9 Å². The topological polar surface area (TPSA) is 68.8 Å². The van der Waals surface area contributed by atoms with E-state index in [4.69, 9.17) is 0 Å². The highest BCUT2D eigenvalue weighted by Crippen LogP contribution is 2.36. The Morgan fingerprint density at radius 2 is 1.91 bits per heavy atom. The van der Waals surface area contributed by atoms with Crippen LogP contribution in [0, 0.1) is 18.6 Å². The van der Waals surface area contributed by atoms with Gasteiger partial charge in [-0.05, 0) is 61.2 Å². The van der Waals surface area contributed by atoms with E-state index in [0.29, 0.717) is 47.8 Å². The van der Waals surface area contributed by atoms with Crippen LogP contribution in [0.15, 0.2) is 55.0 Å². The molecule has 32 heavy (non-hydrogen) atoms. The van der Waals surface area contributed by atoms with E-state index in [2.05, 4.69) is 15.1 Å². The van der Waals surface area contributed by atoms with Crippen LogP contribution in [0.1, 0.15) is 41.3 Å². The number of imidazole rings is 1. The first-order valence-electron chi connectivity index (χ1n) is 10.3. The minimum absolute atomic E-state index is 0.361. The van der Waals surface area contributed by atoms with E-state index in [1.54, 1.807) is 58.2 Å². The van der Waals surface area contributed by atoms with Crippen molar-refractivity contribution in [2.45, 2.75) is 31.9 Å². The number of fused-ring (bicyclic) bond motifs is 1. The van der Waals surface area contributed by atoms with Gasteiger partial charge in [-0.15, -0.1) is 0 Å². The first kappa shape index (κ1) is 20.3. The standard InChI is InChI=1S/C24H21F2N5O/c1-16-14-30(15-27-16)21-9-3-17(13-20(21)26)4-10-22-28-23-24(32,11-2-12-31(23)29-22)18-5-7-19(25)8-6-18/h3-10,13-15,32H,2,11-12H2,1H3/b10-4+. The molecule has 0 amide bonds. The average molecular weight is 433 g/mol. The highest BCUT2D eigenvalue weighted by atomic mass is 19.1. The smallest absolute Gasteiger partial charge is 0.174 e. The highest BCUT2D eigenvalue weighted by molar-refractivity contribution is 5.67. The molecule has 0 fully saturated rings. The molecule has 0 saturated carbocycles. The van der Waals surface area contributed by atoms with Crippen LogP contribution >= 0.6 is 0 Å². The van der Waals surface area contributed by atoms with Crippen LogP contribution in [0.2, 0.25) is 0 Å². The lowest BCUT2D eigenvalue weighted by atomic mass is 9.86. The van der Waals surface area contributed by atoms with Gasteiger partial charge in [0.1, 0.15) is 17.2 Å². The summed E-state index contributed by atoms with van der Waals surface area (Å²) < 4.78 is 31.2. The maximum absolute atomic E-state index is 14.6. The van der Waals surface area contributed by atoms with Gasteiger partial charge in [0.15, 0.2) is 11.6 Å². The predicted molar refractivity (Wildman–Crippen MR) is 116 cm³/mol. The van der Waals surface area contributed by atoms with Crippen LogP contribution in [0.25, 0.3) is 17.8 Å². The van der Waals surface area contributed by atoms with Gasteiger partial charge in [-0.1, -0.05) is 24.3 Å². The lowest BCUT2D eigenvalue weighted by Crippen LogP contribution is -2.35. The number of benzene rings is 2. The summed E-state index contributed by atoms with van der Waals surface area (Å²) in [5, 5.41) is 15.8. The van der Waals surface area contributed by atoms with Gasteiger partial charge < -0.3 is 9.67 Å². The number of nitrogens with zero attached hydrogens (tertiary/aromatic N) is 5. The SMILES string of the molecule is Cc1cn(-c2ccc(/C=C/c3nc4n(n3)CCCC4(O)c3ccc(F)cc3)cc2F)cn1. The summed E-state index contributed by atoms with van der Waals surface area (Å²) in [6.45, 7) is 2.48. The van der Waals surface area contributed by atoms with Gasteiger partial charge in [0.2, 0.25) is 0 Å². The molecule has 4 aromatic rings. The number of hydrogen-bond acceptors (Lipinski definition) is 4. The summed E-state index contributed by atoms with van der Waals surface area (Å²) in [6, 6.07) is 10.7. The van der Waals surface area contributed by atoms with Crippen molar-refractivity contribution in [3.8, 4) is 5.69 Å². The van der Waals surface area contributed by atoms with Gasteiger partial charge >= 0.3 is 0 Å². The summed E-state index contributed by atoms with van der Waals surface area (Å²) in [4.78, 5) is 8.65. The Labute approximate surface area is 183 Å². The molecule has 1 unspecified atom stereocenters. The molecule has 0 bridgehead atoms. The zero-order valence-corrected chi connectivity index (χ0v) is 17.4. The first-order valence-corrected chi connectivity index (χ1v) is 10.3.